The van der Waals surface area contributed by atoms with Crippen LogP contribution in [-0.2, 0) is 11.2 Å². The summed E-state index contributed by atoms with van der Waals surface area (Å²) < 4.78 is 13.6. The van der Waals surface area contributed by atoms with Crippen LogP contribution in [0.3, 0.4) is 0 Å². The number of anilines is 3. The SMILES string of the molecule is CC(=O)c1ccc(Nc2ccc(NC(=O)Cc3ccccc3F)cn2)cc1. The summed E-state index contributed by atoms with van der Waals surface area (Å²) in [5.74, 6) is -0.114. The Morgan fingerprint density at radius 1 is 0.963 bits per heavy atom. The third kappa shape index (κ3) is 4.98. The maximum absolute atomic E-state index is 13.6. The number of nitrogens with one attached hydrogen (secondary N) is 2. The molecule has 0 radical (unpaired) electrons. The van der Waals surface area contributed by atoms with Crippen LogP contribution in [0.5, 0.6) is 0 Å². The van der Waals surface area contributed by atoms with Crippen LogP contribution in [0.2, 0.25) is 0 Å². The zero-order valence-corrected chi connectivity index (χ0v) is 14.7. The van der Waals surface area contributed by atoms with Crippen LogP contribution < -0.4 is 10.6 Å². The van der Waals surface area contributed by atoms with E-state index in [1.807, 2.05) is 0 Å². The molecule has 136 valence electrons. The van der Waals surface area contributed by atoms with Crippen LogP contribution in [0.15, 0.2) is 66.9 Å². The summed E-state index contributed by atoms with van der Waals surface area (Å²) in [6.07, 6.45) is 1.47. The number of Topliss-reactive ketones (excluding diaryl/α,β-unsaturated/α-hetero) is 1. The van der Waals surface area contributed by atoms with E-state index < -0.39 is 5.82 Å². The van der Waals surface area contributed by atoms with Crippen molar-refractivity contribution in [1.82, 2.24) is 4.98 Å². The quantitative estimate of drug-likeness (QED) is 0.639. The van der Waals surface area contributed by atoms with E-state index >= 15 is 0 Å². The van der Waals surface area contributed by atoms with Gasteiger partial charge in [0.2, 0.25) is 5.91 Å². The molecule has 2 N–H and O–H groups in total. The standard InChI is InChI=1S/C21H18FN3O2/c1-14(26)15-6-8-17(9-7-15)24-20-11-10-18(13-23-20)25-21(27)12-16-4-2-3-5-19(16)22/h2-11,13H,12H2,1H3,(H,23,24)(H,25,27). The summed E-state index contributed by atoms with van der Waals surface area (Å²) in [4.78, 5) is 27.6. The van der Waals surface area contributed by atoms with Crippen LogP contribution in [0, 0.1) is 5.82 Å². The van der Waals surface area contributed by atoms with E-state index in [0.29, 0.717) is 22.6 Å². The van der Waals surface area contributed by atoms with Crippen LogP contribution in [0.4, 0.5) is 21.6 Å². The molecule has 0 saturated heterocycles. The summed E-state index contributed by atoms with van der Waals surface area (Å²) in [5.41, 5.74) is 2.30. The number of amides is 1. The molecule has 0 aliphatic rings. The monoisotopic (exact) mass is 363 g/mol. The van der Waals surface area contributed by atoms with E-state index in [0.717, 1.165) is 5.69 Å². The summed E-state index contributed by atoms with van der Waals surface area (Å²) in [6, 6.07) is 16.7. The van der Waals surface area contributed by atoms with E-state index in [1.165, 1.54) is 19.2 Å². The smallest absolute Gasteiger partial charge is 0.228 e. The molecule has 0 fully saturated rings. The highest BCUT2D eigenvalue weighted by Gasteiger charge is 2.08. The summed E-state index contributed by atoms with van der Waals surface area (Å²) in [6.45, 7) is 1.52. The van der Waals surface area contributed by atoms with Crippen molar-refractivity contribution < 1.29 is 14.0 Å². The van der Waals surface area contributed by atoms with Gasteiger partial charge in [0, 0.05) is 11.3 Å². The second-order valence-corrected chi connectivity index (χ2v) is 6.01. The Morgan fingerprint density at radius 2 is 1.67 bits per heavy atom. The second-order valence-electron chi connectivity index (χ2n) is 6.01. The number of hydrogen-bond acceptors (Lipinski definition) is 4. The number of halogens is 1. The zero-order valence-electron chi connectivity index (χ0n) is 14.7. The Labute approximate surface area is 156 Å². The lowest BCUT2D eigenvalue weighted by Crippen LogP contribution is -2.15. The predicted octanol–water partition coefficient (Wildman–Crippen LogP) is 4.35. The Morgan fingerprint density at radius 3 is 2.30 bits per heavy atom. The van der Waals surface area contributed by atoms with Gasteiger partial charge < -0.3 is 10.6 Å². The maximum Gasteiger partial charge on any atom is 0.228 e. The van der Waals surface area contributed by atoms with E-state index in [9.17, 15) is 14.0 Å². The van der Waals surface area contributed by atoms with E-state index in [-0.39, 0.29) is 18.1 Å². The van der Waals surface area contributed by atoms with E-state index in [1.54, 1.807) is 54.6 Å². The van der Waals surface area contributed by atoms with Crippen molar-refractivity contribution in [2.45, 2.75) is 13.3 Å². The second kappa shape index (κ2) is 8.23. The van der Waals surface area contributed by atoms with Gasteiger partial charge in [-0.25, -0.2) is 9.37 Å². The first-order valence-electron chi connectivity index (χ1n) is 8.38. The summed E-state index contributed by atoms with van der Waals surface area (Å²) in [7, 11) is 0. The topological polar surface area (TPSA) is 71.1 Å². The van der Waals surface area contributed by atoms with Crippen LogP contribution >= 0.6 is 0 Å². The molecule has 0 unspecified atom stereocenters. The minimum absolute atomic E-state index is 0.00940. The minimum Gasteiger partial charge on any atom is -0.340 e. The van der Waals surface area contributed by atoms with Crippen molar-refractivity contribution in [2.75, 3.05) is 10.6 Å². The van der Waals surface area contributed by atoms with Gasteiger partial charge in [-0.05, 0) is 55.0 Å². The molecule has 2 aromatic carbocycles. The number of rotatable bonds is 6. The highest BCUT2D eigenvalue weighted by atomic mass is 19.1. The maximum atomic E-state index is 13.6. The van der Waals surface area contributed by atoms with Crippen molar-refractivity contribution >= 4 is 28.9 Å². The number of nitrogens with zero attached hydrogens (tertiary/aromatic N) is 1. The van der Waals surface area contributed by atoms with Gasteiger partial charge >= 0.3 is 0 Å². The average molecular weight is 363 g/mol. The van der Waals surface area contributed by atoms with E-state index in [4.69, 9.17) is 0 Å². The molecule has 0 atom stereocenters. The van der Waals surface area contributed by atoms with Gasteiger partial charge in [-0.15, -0.1) is 0 Å². The summed E-state index contributed by atoms with van der Waals surface area (Å²) >= 11 is 0. The normalized spacial score (nSPS) is 10.3. The van der Waals surface area contributed by atoms with Crippen molar-refractivity contribution in [1.29, 1.82) is 0 Å². The highest BCUT2D eigenvalue weighted by Crippen LogP contribution is 2.17. The van der Waals surface area contributed by atoms with Gasteiger partial charge in [0.05, 0.1) is 18.3 Å². The van der Waals surface area contributed by atoms with E-state index in [2.05, 4.69) is 15.6 Å². The Kier molecular flexibility index (Phi) is 5.56. The van der Waals surface area contributed by atoms with Gasteiger partial charge in [0.15, 0.2) is 5.78 Å². The van der Waals surface area contributed by atoms with Crippen molar-refractivity contribution in [3.63, 3.8) is 0 Å². The number of aromatic nitrogens is 1. The molecule has 3 aromatic rings. The number of carbonyl (C=O) groups excluding carboxylic acids is 2. The first-order chi connectivity index (χ1) is 13.0. The number of ketones is 1. The van der Waals surface area contributed by atoms with Crippen LogP contribution in [-0.4, -0.2) is 16.7 Å². The molecular weight excluding hydrogens is 345 g/mol. The average Bonchev–Trinajstić information content (AvgIpc) is 2.66. The largest absolute Gasteiger partial charge is 0.340 e. The summed E-state index contributed by atoms with van der Waals surface area (Å²) in [5, 5.41) is 5.81. The molecule has 0 bridgehead atoms. The molecular formula is C21H18FN3O2. The molecule has 1 amide bonds. The van der Waals surface area contributed by atoms with Gasteiger partial charge in [-0.3, -0.25) is 9.59 Å². The lowest BCUT2D eigenvalue weighted by Gasteiger charge is -2.08. The Balaban J connectivity index is 1.59. The molecule has 0 saturated carbocycles. The molecule has 0 aliphatic heterocycles. The number of pyridine rings is 1. The fourth-order valence-corrected chi connectivity index (χ4v) is 2.50. The fraction of sp³-hybridized carbons (Fsp3) is 0.0952. The molecule has 3 rings (SSSR count). The fourth-order valence-electron chi connectivity index (χ4n) is 2.50. The molecule has 5 nitrogen and oxygen atoms in total. The number of carbonyl (C=O) groups is 2. The van der Waals surface area contributed by atoms with Crippen LogP contribution in [0.25, 0.3) is 0 Å². The first kappa shape index (κ1) is 18.3. The third-order valence-electron chi connectivity index (χ3n) is 3.92. The third-order valence-corrected chi connectivity index (χ3v) is 3.92. The van der Waals surface area contributed by atoms with Gasteiger partial charge in [0.25, 0.3) is 0 Å². The number of benzene rings is 2. The molecule has 27 heavy (non-hydrogen) atoms. The molecule has 1 aromatic heterocycles. The minimum atomic E-state index is -0.402. The van der Waals surface area contributed by atoms with Gasteiger partial charge in [-0.1, -0.05) is 18.2 Å². The predicted molar refractivity (Wildman–Crippen MR) is 103 cm³/mol. The highest BCUT2D eigenvalue weighted by molar-refractivity contribution is 5.94. The molecule has 1 heterocycles. The first-order valence-corrected chi connectivity index (χ1v) is 8.38. The van der Waals surface area contributed by atoms with Crippen LogP contribution in [0.1, 0.15) is 22.8 Å². The zero-order chi connectivity index (χ0) is 19.2. The van der Waals surface area contributed by atoms with Gasteiger partial charge in [-0.2, -0.15) is 0 Å². The number of hydrogen-bond donors (Lipinski definition) is 2. The van der Waals surface area contributed by atoms with Gasteiger partial charge in [0.1, 0.15) is 11.6 Å². The lowest BCUT2D eigenvalue weighted by molar-refractivity contribution is -0.115. The Bertz CT molecular complexity index is 954. The lowest BCUT2D eigenvalue weighted by atomic mass is 10.1. The molecule has 6 heteroatoms. The molecule has 0 aliphatic carbocycles. The van der Waals surface area contributed by atoms with Crippen molar-refractivity contribution in [3.05, 3.63) is 83.8 Å². The molecule has 0 spiro atoms. The van der Waals surface area contributed by atoms with Crippen molar-refractivity contribution in [2.24, 2.45) is 0 Å². The Hall–Kier alpha value is -3.54. The van der Waals surface area contributed by atoms with Crippen molar-refractivity contribution in [3.8, 4) is 0 Å².